The highest BCUT2D eigenvalue weighted by Crippen LogP contribution is 2.22. The average molecular weight is 474 g/mol. The monoisotopic (exact) mass is 473 g/mol. The summed E-state index contributed by atoms with van der Waals surface area (Å²) >= 11 is 5.79. The van der Waals surface area contributed by atoms with Crippen molar-refractivity contribution in [2.45, 2.75) is 9.79 Å². The number of piperazine rings is 1. The van der Waals surface area contributed by atoms with E-state index in [0.29, 0.717) is 18.1 Å². The van der Waals surface area contributed by atoms with Crippen LogP contribution >= 0.6 is 11.6 Å². The molecule has 1 fully saturated rings. The van der Waals surface area contributed by atoms with Crippen molar-refractivity contribution in [3.63, 3.8) is 0 Å². The minimum absolute atomic E-state index is 0.0910. The fraction of sp³-hybridized carbons (Fsp3) is 0.333. The molecule has 0 amide bonds. The summed E-state index contributed by atoms with van der Waals surface area (Å²) in [5, 5.41) is 11.4. The van der Waals surface area contributed by atoms with E-state index in [9.17, 15) is 26.9 Å². The van der Waals surface area contributed by atoms with Gasteiger partial charge in [-0.05, 0) is 30.3 Å². The molecule has 1 aliphatic rings. The zero-order chi connectivity index (χ0) is 21.9. The third kappa shape index (κ3) is 5.16. The average Bonchev–Trinajstić information content (AvgIpc) is 2.73. The van der Waals surface area contributed by atoms with Gasteiger partial charge in [0.25, 0.3) is 5.69 Å². The van der Waals surface area contributed by atoms with Crippen molar-refractivity contribution in [3.8, 4) is 0 Å². The molecule has 0 aliphatic carbocycles. The quantitative estimate of drug-likeness (QED) is 0.446. The van der Waals surface area contributed by atoms with E-state index < -0.39 is 24.8 Å². The lowest BCUT2D eigenvalue weighted by molar-refractivity contribution is -0.385. The van der Waals surface area contributed by atoms with E-state index in [-0.39, 0.29) is 40.9 Å². The molecule has 30 heavy (non-hydrogen) atoms. The molecule has 0 atom stereocenters. The van der Waals surface area contributed by atoms with Crippen molar-refractivity contribution in [1.82, 2.24) is 9.21 Å². The van der Waals surface area contributed by atoms with Crippen LogP contribution in [0.25, 0.3) is 0 Å². The van der Waals surface area contributed by atoms with Gasteiger partial charge in [0.1, 0.15) is 0 Å². The highest BCUT2D eigenvalue weighted by Gasteiger charge is 2.30. The van der Waals surface area contributed by atoms with Crippen LogP contribution in [0.4, 0.5) is 5.69 Å². The van der Waals surface area contributed by atoms with E-state index >= 15 is 0 Å². The number of nitro benzene ring substituents is 1. The topological polar surface area (TPSA) is 118 Å². The predicted octanol–water partition coefficient (Wildman–Crippen LogP) is 2.03. The number of non-ortho nitro benzene ring substituents is 1. The minimum atomic E-state index is -3.86. The number of hydrogen-bond donors (Lipinski definition) is 0. The van der Waals surface area contributed by atoms with Crippen LogP contribution in [0.3, 0.4) is 0 Å². The van der Waals surface area contributed by atoms with Crippen LogP contribution in [-0.4, -0.2) is 69.4 Å². The van der Waals surface area contributed by atoms with Crippen molar-refractivity contribution in [1.29, 1.82) is 0 Å². The van der Waals surface area contributed by atoms with Gasteiger partial charge in [-0.25, -0.2) is 16.8 Å². The number of rotatable bonds is 7. The summed E-state index contributed by atoms with van der Waals surface area (Å²) < 4.78 is 51.7. The Morgan fingerprint density at radius 2 is 1.57 bits per heavy atom. The van der Waals surface area contributed by atoms with E-state index in [1.54, 1.807) is 0 Å². The van der Waals surface area contributed by atoms with Crippen molar-refractivity contribution in [2.75, 3.05) is 38.5 Å². The first kappa shape index (κ1) is 22.6. The van der Waals surface area contributed by atoms with Crippen LogP contribution in [0.15, 0.2) is 58.3 Å². The van der Waals surface area contributed by atoms with Crippen LogP contribution in [0.2, 0.25) is 5.02 Å². The molecule has 0 aromatic heterocycles. The molecule has 2 aromatic carbocycles. The molecule has 1 saturated heterocycles. The van der Waals surface area contributed by atoms with Gasteiger partial charge in [-0.2, -0.15) is 4.31 Å². The van der Waals surface area contributed by atoms with Crippen LogP contribution in [0.5, 0.6) is 0 Å². The third-order valence-corrected chi connectivity index (χ3v) is 8.70. The van der Waals surface area contributed by atoms with E-state index in [1.165, 1.54) is 46.8 Å². The summed E-state index contributed by atoms with van der Waals surface area (Å²) in [5.74, 6) is -0.0910. The number of sulfone groups is 1. The summed E-state index contributed by atoms with van der Waals surface area (Å²) in [5.41, 5.74) is -0.290. The Labute approximate surface area is 180 Å². The predicted molar refractivity (Wildman–Crippen MR) is 112 cm³/mol. The van der Waals surface area contributed by atoms with Gasteiger partial charge in [-0.15, -0.1) is 0 Å². The second-order valence-corrected chi connectivity index (χ2v) is 11.3. The van der Waals surface area contributed by atoms with E-state index in [2.05, 4.69) is 0 Å². The molecule has 0 unspecified atom stereocenters. The molecule has 0 radical (unpaired) electrons. The van der Waals surface area contributed by atoms with E-state index in [1.807, 2.05) is 4.90 Å². The smallest absolute Gasteiger partial charge is 0.270 e. The van der Waals surface area contributed by atoms with Crippen LogP contribution in [0.1, 0.15) is 0 Å². The first-order valence-electron chi connectivity index (χ1n) is 9.05. The fourth-order valence-corrected chi connectivity index (χ4v) is 5.98. The van der Waals surface area contributed by atoms with Gasteiger partial charge in [0.2, 0.25) is 10.0 Å². The van der Waals surface area contributed by atoms with Crippen LogP contribution < -0.4 is 0 Å². The fourth-order valence-electron chi connectivity index (χ4n) is 3.11. The molecule has 9 nitrogen and oxygen atoms in total. The molecular weight excluding hydrogens is 454 g/mol. The standard InChI is InChI=1S/C18H20ClN3O6S2/c19-15-4-6-17(7-5-15)29(25,26)13-12-20-8-10-21(11-9-20)30(27,28)18-3-1-2-16(14-18)22(23)24/h1-7,14H,8-13H2. The van der Waals surface area contributed by atoms with Gasteiger partial charge in [0, 0.05) is 49.9 Å². The summed E-state index contributed by atoms with van der Waals surface area (Å²) in [4.78, 5) is 12.2. The Morgan fingerprint density at radius 3 is 2.17 bits per heavy atom. The number of sulfonamides is 1. The maximum atomic E-state index is 12.8. The Balaban J connectivity index is 1.60. The van der Waals surface area contributed by atoms with Crippen LogP contribution in [-0.2, 0) is 19.9 Å². The SMILES string of the molecule is O=[N+]([O-])c1cccc(S(=O)(=O)N2CCN(CCS(=O)(=O)c3ccc(Cl)cc3)CC2)c1. The zero-order valence-electron chi connectivity index (χ0n) is 15.8. The molecular formula is C18H20ClN3O6S2. The van der Waals surface area contributed by atoms with Gasteiger partial charge in [0.05, 0.1) is 20.5 Å². The van der Waals surface area contributed by atoms with Crippen LogP contribution in [0, 0.1) is 10.1 Å². The summed E-state index contributed by atoms with van der Waals surface area (Å²) in [6, 6.07) is 10.9. The molecule has 12 heteroatoms. The number of benzene rings is 2. The number of nitrogens with zero attached hydrogens (tertiary/aromatic N) is 3. The lowest BCUT2D eigenvalue weighted by atomic mass is 10.3. The molecule has 162 valence electrons. The lowest BCUT2D eigenvalue weighted by Gasteiger charge is -2.33. The molecule has 0 N–H and O–H groups in total. The Kier molecular flexibility index (Phi) is 6.78. The van der Waals surface area contributed by atoms with Gasteiger partial charge in [0.15, 0.2) is 9.84 Å². The third-order valence-electron chi connectivity index (χ3n) is 4.85. The minimum Gasteiger partial charge on any atom is -0.300 e. The zero-order valence-corrected chi connectivity index (χ0v) is 18.2. The highest BCUT2D eigenvalue weighted by molar-refractivity contribution is 7.91. The molecule has 1 aliphatic heterocycles. The molecule has 0 saturated carbocycles. The summed E-state index contributed by atoms with van der Waals surface area (Å²) in [7, 11) is -7.33. The Morgan fingerprint density at radius 1 is 0.933 bits per heavy atom. The maximum Gasteiger partial charge on any atom is 0.270 e. The lowest BCUT2D eigenvalue weighted by Crippen LogP contribution is -2.49. The van der Waals surface area contributed by atoms with Gasteiger partial charge < -0.3 is 0 Å². The molecule has 0 bridgehead atoms. The van der Waals surface area contributed by atoms with Crippen molar-refractivity contribution in [2.24, 2.45) is 0 Å². The Hall–Kier alpha value is -2.05. The van der Waals surface area contributed by atoms with Gasteiger partial charge >= 0.3 is 0 Å². The van der Waals surface area contributed by atoms with E-state index in [0.717, 1.165) is 6.07 Å². The second kappa shape index (κ2) is 8.98. The molecule has 1 heterocycles. The molecule has 0 spiro atoms. The normalized spacial score (nSPS) is 16.4. The van der Waals surface area contributed by atoms with Crippen molar-refractivity contribution in [3.05, 3.63) is 63.7 Å². The number of halogens is 1. The van der Waals surface area contributed by atoms with Crippen molar-refractivity contribution >= 4 is 37.1 Å². The largest absolute Gasteiger partial charge is 0.300 e. The number of hydrogen-bond acceptors (Lipinski definition) is 7. The molecule has 2 aromatic rings. The first-order valence-corrected chi connectivity index (χ1v) is 12.5. The van der Waals surface area contributed by atoms with Crippen molar-refractivity contribution < 1.29 is 21.8 Å². The summed E-state index contributed by atoms with van der Waals surface area (Å²) in [6.07, 6.45) is 0. The number of nitro groups is 1. The Bertz CT molecular complexity index is 1130. The molecule has 3 rings (SSSR count). The highest BCUT2D eigenvalue weighted by atomic mass is 35.5. The van der Waals surface area contributed by atoms with E-state index in [4.69, 9.17) is 11.6 Å². The first-order chi connectivity index (χ1) is 14.1. The van der Waals surface area contributed by atoms with Gasteiger partial charge in [-0.1, -0.05) is 17.7 Å². The van der Waals surface area contributed by atoms with Gasteiger partial charge in [-0.3, -0.25) is 15.0 Å². The maximum absolute atomic E-state index is 12.8. The summed E-state index contributed by atoms with van der Waals surface area (Å²) in [6.45, 7) is 1.35. The second-order valence-electron chi connectivity index (χ2n) is 6.77.